The van der Waals surface area contributed by atoms with Crippen molar-refractivity contribution in [1.29, 1.82) is 0 Å². The molecule has 0 aliphatic heterocycles. The Hall–Kier alpha value is -2.20. The van der Waals surface area contributed by atoms with E-state index < -0.39 is 17.5 Å². The number of pyridine rings is 1. The molecule has 0 aliphatic carbocycles. The number of rotatable bonds is 4. The van der Waals surface area contributed by atoms with Crippen molar-refractivity contribution in [1.82, 2.24) is 4.98 Å². The molecule has 21 heavy (non-hydrogen) atoms. The Kier molecular flexibility index (Phi) is 4.38. The molecule has 0 saturated carbocycles. The Balaban J connectivity index is 2.22. The zero-order chi connectivity index (χ0) is 15.5. The monoisotopic (exact) mass is 285 g/mol. The Bertz CT molecular complexity index is 658. The van der Waals surface area contributed by atoms with Crippen LogP contribution in [0.1, 0.15) is 32.3 Å². The highest BCUT2D eigenvalue weighted by atomic mass is 17.2. The van der Waals surface area contributed by atoms with Crippen LogP contribution in [-0.2, 0) is 14.6 Å². The summed E-state index contributed by atoms with van der Waals surface area (Å²) in [4.78, 5) is 26.4. The molecule has 4 nitrogen and oxygen atoms in total. The van der Waals surface area contributed by atoms with Crippen LogP contribution in [0, 0.1) is 0 Å². The fourth-order valence-electron chi connectivity index (χ4n) is 1.84. The van der Waals surface area contributed by atoms with Crippen LogP contribution in [0.25, 0.3) is 10.9 Å². The lowest BCUT2D eigenvalue weighted by molar-refractivity contribution is -0.320. The summed E-state index contributed by atoms with van der Waals surface area (Å²) in [5.74, 6) is -1.11. The molecule has 0 N–H and O–H groups in total. The Morgan fingerprint density at radius 1 is 1.33 bits per heavy atom. The van der Waals surface area contributed by atoms with Gasteiger partial charge in [-0.1, -0.05) is 24.3 Å². The van der Waals surface area contributed by atoms with Gasteiger partial charge in [-0.25, -0.2) is 4.79 Å². The maximum Gasteiger partial charge on any atom is 0.353 e. The summed E-state index contributed by atoms with van der Waals surface area (Å²) in [5, 5.41) is 0.964. The van der Waals surface area contributed by atoms with Gasteiger partial charge in [0.1, 0.15) is 11.5 Å². The molecule has 0 aliphatic rings. The first kappa shape index (κ1) is 15.2. The quantitative estimate of drug-likeness (QED) is 0.487. The number of carbonyl (C=O) groups excluding carboxylic acids is 1. The molecule has 1 heterocycles. The van der Waals surface area contributed by atoms with Crippen LogP contribution in [0.2, 0.25) is 0 Å². The topological polar surface area (TPSA) is 48.4 Å². The summed E-state index contributed by atoms with van der Waals surface area (Å²) < 4.78 is 0. The lowest BCUT2D eigenvalue weighted by Gasteiger charge is -2.19. The van der Waals surface area contributed by atoms with Gasteiger partial charge in [0, 0.05) is 11.6 Å². The lowest BCUT2D eigenvalue weighted by Crippen LogP contribution is -2.24. The summed E-state index contributed by atoms with van der Waals surface area (Å²) in [6.45, 7) is 9.12. The van der Waals surface area contributed by atoms with E-state index in [2.05, 4.69) is 11.6 Å². The van der Waals surface area contributed by atoms with Gasteiger partial charge in [0.15, 0.2) is 0 Å². The molecular weight excluding hydrogens is 266 g/mol. The van der Waals surface area contributed by atoms with Crippen molar-refractivity contribution in [2.24, 2.45) is 0 Å². The van der Waals surface area contributed by atoms with Crippen molar-refractivity contribution < 1.29 is 14.6 Å². The predicted octanol–water partition coefficient (Wildman–Crippen LogP) is 3.78. The van der Waals surface area contributed by atoms with E-state index in [-0.39, 0.29) is 0 Å². The highest BCUT2D eigenvalue weighted by Gasteiger charge is 2.23. The third kappa shape index (κ3) is 3.89. The molecule has 1 unspecified atom stereocenters. The van der Waals surface area contributed by atoms with Gasteiger partial charge in [0.05, 0.1) is 5.52 Å². The standard InChI is InChI=1S/C17H19NO3/c1-5-14(16(19)20-21-17(2,3)4)13-10-12-8-6-7-9-15(12)18-11-13/h5-11,14H,1H2,2-4H3. The second kappa shape index (κ2) is 6.06. The van der Waals surface area contributed by atoms with E-state index in [1.807, 2.05) is 30.3 Å². The van der Waals surface area contributed by atoms with E-state index >= 15 is 0 Å². The van der Waals surface area contributed by atoms with Crippen LogP contribution in [0.4, 0.5) is 0 Å². The number of para-hydroxylation sites is 1. The number of nitrogens with zero attached hydrogens (tertiary/aromatic N) is 1. The van der Waals surface area contributed by atoms with Crippen LogP contribution in [0.5, 0.6) is 0 Å². The molecule has 1 aromatic heterocycles. The van der Waals surface area contributed by atoms with Crippen LogP contribution in [0.15, 0.2) is 49.2 Å². The molecule has 2 rings (SSSR count). The summed E-state index contributed by atoms with van der Waals surface area (Å²) in [6.07, 6.45) is 3.19. The van der Waals surface area contributed by atoms with Crippen molar-refractivity contribution in [3.8, 4) is 0 Å². The summed E-state index contributed by atoms with van der Waals surface area (Å²) in [5.41, 5.74) is 1.05. The number of hydrogen-bond acceptors (Lipinski definition) is 4. The van der Waals surface area contributed by atoms with E-state index in [9.17, 15) is 4.79 Å². The fraction of sp³-hybridized carbons (Fsp3) is 0.294. The lowest BCUT2D eigenvalue weighted by atomic mass is 10.00. The third-order valence-corrected chi connectivity index (χ3v) is 2.83. The minimum Gasteiger partial charge on any atom is -0.297 e. The molecule has 0 radical (unpaired) electrons. The second-order valence-electron chi connectivity index (χ2n) is 5.77. The van der Waals surface area contributed by atoms with Gasteiger partial charge >= 0.3 is 5.97 Å². The minimum absolute atomic E-state index is 0.503. The van der Waals surface area contributed by atoms with Crippen molar-refractivity contribution >= 4 is 16.9 Å². The van der Waals surface area contributed by atoms with Crippen molar-refractivity contribution in [2.45, 2.75) is 32.3 Å². The summed E-state index contributed by atoms with van der Waals surface area (Å²) in [6, 6.07) is 9.63. The molecule has 0 amide bonds. The Morgan fingerprint density at radius 2 is 2.05 bits per heavy atom. The smallest absolute Gasteiger partial charge is 0.297 e. The molecule has 110 valence electrons. The highest BCUT2D eigenvalue weighted by molar-refractivity contribution is 5.84. The van der Waals surface area contributed by atoms with Crippen LogP contribution in [-0.4, -0.2) is 16.6 Å². The average molecular weight is 285 g/mol. The molecule has 0 fully saturated rings. The number of carbonyl (C=O) groups is 1. The molecule has 1 atom stereocenters. The maximum absolute atomic E-state index is 12.1. The zero-order valence-electron chi connectivity index (χ0n) is 12.5. The number of benzene rings is 1. The van der Waals surface area contributed by atoms with E-state index in [0.29, 0.717) is 0 Å². The molecule has 0 bridgehead atoms. The van der Waals surface area contributed by atoms with Gasteiger partial charge in [0.2, 0.25) is 0 Å². The van der Waals surface area contributed by atoms with Crippen molar-refractivity contribution in [3.63, 3.8) is 0 Å². The summed E-state index contributed by atoms with van der Waals surface area (Å²) in [7, 11) is 0. The fourth-order valence-corrected chi connectivity index (χ4v) is 1.84. The van der Waals surface area contributed by atoms with Crippen molar-refractivity contribution in [3.05, 3.63) is 54.7 Å². The highest BCUT2D eigenvalue weighted by Crippen LogP contribution is 2.23. The third-order valence-electron chi connectivity index (χ3n) is 2.83. The zero-order valence-corrected chi connectivity index (χ0v) is 12.5. The van der Waals surface area contributed by atoms with Gasteiger partial charge in [-0.05, 0) is 38.5 Å². The Labute approximate surface area is 124 Å². The second-order valence-corrected chi connectivity index (χ2v) is 5.77. The number of fused-ring (bicyclic) bond motifs is 1. The largest absolute Gasteiger partial charge is 0.353 e. The molecule has 0 spiro atoms. The molecule has 1 aromatic carbocycles. The van der Waals surface area contributed by atoms with Gasteiger partial charge in [-0.2, -0.15) is 4.89 Å². The van der Waals surface area contributed by atoms with Crippen LogP contribution >= 0.6 is 0 Å². The van der Waals surface area contributed by atoms with Crippen molar-refractivity contribution in [2.75, 3.05) is 0 Å². The van der Waals surface area contributed by atoms with E-state index in [1.165, 1.54) is 6.08 Å². The number of hydrogen-bond donors (Lipinski definition) is 0. The summed E-state index contributed by atoms with van der Waals surface area (Å²) >= 11 is 0. The van der Waals surface area contributed by atoms with Gasteiger partial charge < -0.3 is 0 Å². The van der Waals surface area contributed by atoms with Gasteiger partial charge in [-0.3, -0.25) is 9.87 Å². The number of aromatic nitrogens is 1. The van der Waals surface area contributed by atoms with Gasteiger partial charge in [-0.15, -0.1) is 6.58 Å². The van der Waals surface area contributed by atoms with Gasteiger partial charge in [0.25, 0.3) is 0 Å². The first-order valence-electron chi connectivity index (χ1n) is 6.77. The molecule has 0 saturated heterocycles. The molecule has 2 aromatic rings. The Morgan fingerprint density at radius 3 is 2.71 bits per heavy atom. The van der Waals surface area contributed by atoms with Crippen LogP contribution < -0.4 is 0 Å². The van der Waals surface area contributed by atoms with E-state index in [4.69, 9.17) is 9.78 Å². The van der Waals surface area contributed by atoms with E-state index in [1.54, 1.807) is 27.0 Å². The van der Waals surface area contributed by atoms with Crippen LogP contribution in [0.3, 0.4) is 0 Å². The average Bonchev–Trinajstić information content (AvgIpc) is 2.45. The predicted molar refractivity (Wildman–Crippen MR) is 81.6 cm³/mol. The molecule has 4 heteroatoms. The first-order chi connectivity index (χ1) is 9.90. The maximum atomic E-state index is 12.1. The van der Waals surface area contributed by atoms with E-state index in [0.717, 1.165) is 16.5 Å². The normalized spacial score (nSPS) is 12.9. The SMILES string of the molecule is C=CC(C(=O)OOC(C)(C)C)c1cnc2ccccc2c1. The molecular formula is C17H19NO3. The minimum atomic E-state index is -0.607. The first-order valence-corrected chi connectivity index (χ1v) is 6.77.